The molecule has 92 valence electrons. The number of aromatic nitrogens is 4. The van der Waals surface area contributed by atoms with E-state index < -0.39 is 0 Å². The minimum absolute atomic E-state index is 0.00138. The average molecular weight is 253 g/mol. The first kappa shape index (κ1) is 12.2. The molecule has 0 aliphatic rings. The number of halogens is 1. The topological polar surface area (TPSA) is 35.6 Å². The van der Waals surface area contributed by atoms with Crippen molar-refractivity contribution in [3.63, 3.8) is 0 Å². The molecule has 2 aromatic rings. The summed E-state index contributed by atoms with van der Waals surface area (Å²) in [5, 5.41) is 8.72. The highest BCUT2D eigenvalue weighted by Gasteiger charge is 2.08. The molecule has 5 heteroatoms. The summed E-state index contributed by atoms with van der Waals surface area (Å²) in [5.74, 6) is 0. The molecule has 2 heterocycles. The monoisotopic (exact) mass is 252 g/mol. The van der Waals surface area contributed by atoms with Crippen LogP contribution in [0.4, 0.5) is 0 Å². The maximum Gasteiger partial charge on any atom is 0.0828 e. The Kier molecular flexibility index (Phi) is 3.52. The minimum atomic E-state index is 0.00138. The largest absolute Gasteiger partial charge is 0.270 e. The van der Waals surface area contributed by atoms with Gasteiger partial charge in [-0.1, -0.05) is 6.92 Å². The van der Waals surface area contributed by atoms with Crippen LogP contribution in [-0.4, -0.2) is 19.6 Å². The highest BCUT2D eigenvalue weighted by atomic mass is 35.5. The molecule has 0 saturated carbocycles. The van der Waals surface area contributed by atoms with Crippen molar-refractivity contribution in [3.8, 4) is 0 Å². The highest BCUT2D eigenvalue weighted by Crippen LogP contribution is 2.18. The number of aryl methyl sites for hydroxylation is 2. The molecule has 0 bridgehead atoms. The van der Waals surface area contributed by atoms with Crippen LogP contribution in [0.3, 0.4) is 0 Å². The summed E-state index contributed by atoms with van der Waals surface area (Å²) in [5.41, 5.74) is 3.31. The summed E-state index contributed by atoms with van der Waals surface area (Å²) < 4.78 is 3.80. The standard InChI is InChI=1S/C12H17ClN4/c1-4-11-5-12(16(3)15-11)8-17-7-10(6-14-17)9(2)13/h5-7,9H,4,8H2,1-3H3. The molecule has 1 atom stereocenters. The maximum absolute atomic E-state index is 6.01. The van der Waals surface area contributed by atoms with Gasteiger partial charge < -0.3 is 0 Å². The first-order valence-corrected chi connectivity index (χ1v) is 6.22. The normalized spacial score (nSPS) is 12.9. The van der Waals surface area contributed by atoms with Crippen molar-refractivity contribution >= 4 is 11.6 Å². The van der Waals surface area contributed by atoms with Crippen LogP contribution in [0.5, 0.6) is 0 Å². The van der Waals surface area contributed by atoms with Crippen molar-refractivity contribution in [2.75, 3.05) is 0 Å². The zero-order valence-electron chi connectivity index (χ0n) is 10.4. The van der Waals surface area contributed by atoms with Gasteiger partial charge in [-0.2, -0.15) is 10.2 Å². The Bertz CT molecular complexity index is 498. The van der Waals surface area contributed by atoms with Gasteiger partial charge in [0.1, 0.15) is 0 Å². The molecule has 0 N–H and O–H groups in total. The lowest BCUT2D eigenvalue weighted by molar-refractivity contribution is 0.617. The van der Waals surface area contributed by atoms with Crippen molar-refractivity contribution in [1.82, 2.24) is 19.6 Å². The Morgan fingerprint density at radius 2 is 2.24 bits per heavy atom. The van der Waals surface area contributed by atoms with Gasteiger partial charge in [-0.15, -0.1) is 11.6 Å². The lowest BCUT2D eigenvalue weighted by Crippen LogP contribution is -2.05. The lowest BCUT2D eigenvalue weighted by Gasteiger charge is -2.01. The first-order valence-electron chi connectivity index (χ1n) is 5.78. The van der Waals surface area contributed by atoms with Crippen LogP contribution in [0.1, 0.15) is 36.2 Å². The molecular formula is C12H17ClN4. The third kappa shape index (κ3) is 2.69. The van der Waals surface area contributed by atoms with Crippen molar-refractivity contribution in [2.24, 2.45) is 7.05 Å². The number of hydrogen-bond donors (Lipinski definition) is 0. The number of nitrogens with zero attached hydrogens (tertiary/aromatic N) is 4. The van der Waals surface area contributed by atoms with Crippen LogP contribution in [0.2, 0.25) is 0 Å². The van der Waals surface area contributed by atoms with E-state index in [0.717, 1.165) is 29.9 Å². The molecule has 2 rings (SSSR count). The third-order valence-electron chi connectivity index (χ3n) is 2.83. The zero-order chi connectivity index (χ0) is 12.4. The van der Waals surface area contributed by atoms with E-state index in [1.165, 1.54) is 0 Å². The molecule has 0 amide bonds. The molecule has 0 saturated heterocycles. The van der Waals surface area contributed by atoms with Gasteiger partial charge in [0.2, 0.25) is 0 Å². The average Bonchev–Trinajstić information content (AvgIpc) is 2.87. The molecular weight excluding hydrogens is 236 g/mol. The van der Waals surface area contributed by atoms with Crippen LogP contribution in [0.15, 0.2) is 18.5 Å². The highest BCUT2D eigenvalue weighted by molar-refractivity contribution is 6.20. The predicted octanol–water partition coefficient (Wildman–Crippen LogP) is 2.53. The Labute approximate surface area is 106 Å². The molecule has 17 heavy (non-hydrogen) atoms. The second-order valence-electron chi connectivity index (χ2n) is 4.19. The number of hydrogen-bond acceptors (Lipinski definition) is 2. The van der Waals surface area contributed by atoms with Gasteiger partial charge in [-0.05, 0) is 19.4 Å². The van der Waals surface area contributed by atoms with Gasteiger partial charge in [-0.3, -0.25) is 9.36 Å². The fourth-order valence-corrected chi connectivity index (χ4v) is 1.84. The Balaban J connectivity index is 2.16. The van der Waals surface area contributed by atoms with Gasteiger partial charge in [0.05, 0.1) is 29.5 Å². The molecule has 0 aliphatic carbocycles. The summed E-state index contributed by atoms with van der Waals surface area (Å²) in [6.07, 6.45) is 4.75. The van der Waals surface area contributed by atoms with Crippen LogP contribution in [-0.2, 0) is 20.0 Å². The maximum atomic E-state index is 6.01. The second kappa shape index (κ2) is 4.92. The first-order chi connectivity index (χ1) is 8.10. The summed E-state index contributed by atoms with van der Waals surface area (Å²) >= 11 is 6.01. The van der Waals surface area contributed by atoms with Crippen LogP contribution < -0.4 is 0 Å². The lowest BCUT2D eigenvalue weighted by atomic mass is 10.3. The summed E-state index contributed by atoms with van der Waals surface area (Å²) in [6, 6.07) is 2.12. The van der Waals surface area contributed by atoms with E-state index >= 15 is 0 Å². The fraction of sp³-hybridized carbons (Fsp3) is 0.500. The second-order valence-corrected chi connectivity index (χ2v) is 4.85. The molecule has 0 spiro atoms. The van der Waals surface area contributed by atoms with Crippen molar-refractivity contribution in [3.05, 3.63) is 35.4 Å². The smallest absolute Gasteiger partial charge is 0.0828 e. The van der Waals surface area contributed by atoms with E-state index in [4.69, 9.17) is 11.6 Å². The Hall–Kier alpha value is -1.29. The van der Waals surface area contributed by atoms with E-state index in [2.05, 4.69) is 23.2 Å². The van der Waals surface area contributed by atoms with Crippen molar-refractivity contribution < 1.29 is 0 Å². The quantitative estimate of drug-likeness (QED) is 0.784. The van der Waals surface area contributed by atoms with Gasteiger partial charge in [0, 0.05) is 18.8 Å². The predicted molar refractivity (Wildman–Crippen MR) is 68.2 cm³/mol. The molecule has 1 unspecified atom stereocenters. The van der Waals surface area contributed by atoms with E-state index in [1.807, 2.05) is 35.7 Å². The summed E-state index contributed by atoms with van der Waals surface area (Å²) in [4.78, 5) is 0. The molecule has 0 aliphatic heterocycles. The van der Waals surface area contributed by atoms with Crippen LogP contribution in [0, 0.1) is 0 Å². The molecule has 0 radical (unpaired) electrons. The van der Waals surface area contributed by atoms with Crippen molar-refractivity contribution in [2.45, 2.75) is 32.2 Å². The molecule has 4 nitrogen and oxygen atoms in total. The van der Waals surface area contributed by atoms with E-state index in [-0.39, 0.29) is 5.38 Å². The van der Waals surface area contributed by atoms with E-state index in [0.29, 0.717) is 0 Å². The molecule has 2 aromatic heterocycles. The SMILES string of the molecule is CCc1cc(Cn2cc(C(C)Cl)cn2)n(C)n1. The van der Waals surface area contributed by atoms with Gasteiger partial charge in [0.15, 0.2) is 0 Å². The number of alkyl halides is 1. The van der Waals surface area contributed by atoms with E-state index in [9.17, 15) is 0 Å². The minimum Gasteiger partial charge on any atom is -0.270 e. The fourth-order valence-electron chi connectivity index (χ4n) is 1.73. The Morgan fingerprint density at radius 1 is 1.47 bits per heavy atom. The number of rotatable bonds is 4. The Morgan fingerprint density at radius 3 is 2.76 bits per heavy atom. The van der Waals surface area contributed by atoms with Gasteiger partial charge in [-0.25, -0.2) is 0 Å². The van der Waals surface area contributed by atoms with Crippen molar-refractivity contribution in [1.29, 1.82) is 0 Å². The summed E-state index contributed by atoms with van der Waals surface area (Å²) in [6.45, 7) is 4.78. The van der Waals surface area contributed by atoms with Crippen LogP contribution in [0.25, 0.3) is 0 Å². The van der Waals surface area contributed by atoms with Crippen LogP contribution >= 0.6 is 11.6 Å². The molecule has 0 aromatic carbocycles. The summed E-state index contributed by atoms with van der Waals surface area (Å²) in [7, 11) is 1.96. The zero-order valence-corrected chi connectivity index (χ0v) is 11.1. The van der Waals surface area contributed by atoms with Gasteiger partial charge in [0.25, 0.3) is 0 Å². The third-order valence-corrected chi connectivity index (χ3v) is 3.08. The molecule has 0 fully saturated rings. The van der Waals surface area contributed by atoms with E-state index in [1.54, 1.807) is 0 Å². The van der Waals surface area contributed by atoms with Gasteiger partial charge >= 0.3 is 0 Å².